The fourth-order valence-corrected chi connectivity index (χ4v) is 3.60. The largest absolute Gasteiger partial charge is 0.423 e. The van der Waals surface area contributed by atoms with Crippen LogP contribution in [0.5, 0.6) is 5.75 Å². The second-order valence-corrected chi connectivity index (χ2v) is 8.43. The van der Waals surface area contributed by atoms with E-state index in [1.54, 1.807) is 56.6 Å². The minimum Gasteiger partial charge on any atom is -0.423 e. The van der Waals surface area contributed by atoms with Crippen molar-refractivity contribution in [2.24, 2.45) is 0 Å². The van der Waals surface area contributed by atoms with E-state index in [0.717, 1.165) is 0 Å². The number of esters is 1. The first-order valence-corrected chi connectivity index (χ1v) is 11.2. The second kappa shape index (κ2) is 11.1. The van der Waals surface area contributed by atoms with Crippen molar-refractivity contribution in [1.82, 2.24) is 14.9 Å². The van der Waals surface area contributed by atoms with E-state index in [4.69, 9.17) is 21.7 Å². The van der Waals surface area contributed by atoms with E-state index in [1.807, 2.05) is 13.8 Å². The van der Waals surface area contributed by atoms with Crippen LogP contribution in [0.4, 0.5) is 10.5 Å². The summed E-state index contributed by atoms with van der Waals surface area (Å²) in [5, 5.41) is 3.24. The van der Waals surface area contributed by atoms with Crippen molar-refractivity contribution in [1.29, 1.82) is 0 Å². The molecule has 9 nitrogen and oxygen atoms in total. The molecule has 34 heavy (non-hydrogen) atoms. The lowest BCUT2D eigenvalue weighted by atomic mass is 10.1. The number of fused-ring (bicyclic) bond motifs is 1. The molecule has 3 rings (SSSR count). The van der Waals surface area contributed by atoms with Crippen LogP contribution in [0.25, 0.3) is 10.9 Å². The van der Waals surface area contributed by atoms with Crippen molar-refractivity contribution in [2.45, 2.75) is 32.9 Å². The van der Waals surface area contributed by atoms with Gasteiger partial charge >= 0.3 is 12.0 Å². The third-order valence-corrected chi connectivity index (χ3v) is 5.42. The molecule has 10 heteroatoms. The number of anilines is 1. The average molecular weight is 485 g/mol. The van der Waals surface area contributed by atoms with Crippen LogP contribution < -0.4 is 20.5 Å². The number of H-pyrrole nitrogens is 1. The Morgan fingerprint density at radius 3 is 2.53 bits per heavy atom. The number of carbonyl (C=O) groups excluding carboxylic acids is 2. The molecule has 0 spiro atoms. The Hall–Kier alpha value is -3.50. The number of aromatic nitrogens is 2. The average Bonchev–Trinajstić information content (AvgIpc) is 2.80. The molecule has 0 unspecified atom stereocenters. The number of nitrogens with zero attached hydrogens (tertiary/aromatic N) is 2. The number of nitrogens with one attached hydrogen (secondary N) is 2. The second-order valence-electron chi connectivity index (χ2n) is 8.04. The Kier molecular flexibility index (Phi) is 8.19. The first-order valence-electron chi connectivity index (χ1n) is 10.8. The normalized spacial score (nSPS) is 11.0. The molecule has 0 bridgehead atoms. The maximum Gasteiger partial charge on any atom is 0.343 e. The molecule has 2 aromatic carbocycles. The van der Waals surface area contributed by atoms with Gasteiger partial charge < -0.3 is 19.8 Å². The Labute approximate surface area is 202 Å². The zero-order valence-electron chi connectivity index (χ0n) is 19.6. The van der Waals surface area contributed by atoms with Crippen LogP contribution in [0.15, 0.2) is 47.3 Å². The van der Waals surface area contributed by atoms with E-state index in [1.165, 1.54) is 9.47 Å². The predicted molar refractivity (Wildman–Crippen MR) is 133 cm³/mol. The Morgan fingerprint density at radius 2 is 1.88 bits per heavy atom. The first-order chi connectivity index (χ1) is 16.2. The van der Waals surface area contributed by atoms with Gasteiger partial charge in [0.05, 0.1) is 16.5 Å². The van der Waals surface area contributed by atoms with Gasteiger partial charge in [-0.25, -0.2) is 9.59 Å². The Morgan fingerprint density at radius 1 is 1.18 bits per heavy atom. The SMILES string of the molecule is COCCCn1c(=S)[nH]c2cc(C(=O)Oc3ccc(N(C)C(=O)NC(C)C)cc3)ccc2c1=O. The van der Waals surface area contributed by atoms with Gasteiger partial charge in [0.1, 0.15) is 5.75 Å². The zero-order valence-corrected chi connectivity index (χ0v) is 20.4. The van der Waals surface area contributed by atoms with Crippen LogP contribution in [-0.2, 0) is 11.3 Å². The van der Waals surface area contributed by atoms with Crippen LogP contribution >= 0.6 is 12.2 Å². The number of urea groups is 1. The predicted octanol–water partition coefficient (Wildman–Crippen LogP) is 3.87. The minimum absolute atomic E-state index is 0.0182. The summed E-state index contributed by atoms with van der Waals surface area (Å²) >= 11 is 5.32. The third-order valence-electron chi connectivity index (χ3n) is 5.10. The standard InChI is InChI=1S/C24H28N4O5S/c1-15(2)25-23(31)27(3)17-7-9-18(10-8-17)33-22(30)16-6-11-19-20(14-16)26-24(34)28(21(19)29)12-5-13-32-4/h6-11,14-15H,5,12-13H2,1-4H3,(H,25,31)(H,26,34). The highest BCUT2D eigenvalue weighted by atomic mass is 32.1. The summed E-state index contributed by atoms with van der Waals surface area (Å²) in [6, 6.07) is 11.1. The summed E-state index contributed by atoms with van der Waals surface area (Å²) in [6.07, 6.45) is 0.654. The molecule has 0 aliphatic carbocycles. The van der Waals surface area contributed by atoms with Gasteiger partial charge in [-0.05, 0) is 75.0 Å². The van der Waals surface area contributed by atoms with E-state index in [-0.39, 0.29) is 28.0 Å². The van der Waals surface area contributed by atoms with Crippen LogP contribution in [0.1, 0.15) is 30.6 Å². The van der Waals surface area contributed by atoms with Crippen LogP contribution in [0, 0.1) is 4.77 Å². The van der Waals surface area contributed by atoms with Gasteiger partial charge in [-0.1, -0.05) is 0 Å². The van der Waals surface area contributed by atoms with Crippen molar-refractivity contribution >= 4 is 40.8 Å². The fourth-order valence-electron chi connectivity index (χ4n) is 3.32. The van der Waals surface area contributed by atoms with E-state index in [2.05, 4.69) is 10.3 Å². The van der Waals surface area contributed by atoms with Gasteiger partial charge in [0.15, 0.2) is 4.77 Å². The molecule has 1 heterocycles. The summed E-state index contributed by atoms with van der Waals surface area (Å²) in [7, 11) is 3.26. The molecule has 0 saturated carbocycles. The van der Waals surface area contributed by atoms with Crippen LogP contribution in [-0.4, -0.2) is 48.4 Å². The molecule has 0 aliphatic heterocycles. The van der Waals surface area contributed by atoms with Crippen molar-refractivity contribution in [3.8, 4) is 5.75 Å². The van der Waals surface area contributed by atoms with E-state index < -0.39 is 5.97 Å². The molecular weight excluding hydrogens is 456 g/mol. The van der Waals surface area contributed by atoms with Gasteiger partial charge in [-0.15, -0.1) is 0 Å². The summed E-state index contributed by atoms with van der Waals surface area (Å²) in [5.41, 5.74) is 1.15. The molecule has 2 amide bonds. The van der Waals surface area contributed by atoms with Gasteiger partial charge in [0, 0.05) is 39.0 Å². The number of hydrogen-bond acceptors (Lipinski definition) is 6. The maximum atomic E-state index is 12.8. The summed E-state index contributed by atoms with van der Waals surface area (Å²) in [4.78, 5) is 42.1. The summed E-state index contributed by atoms with van der Waals surface area (Å²) < 4.78 is 12.3. The minimum atomic E-state index is -0.579. The number of benzene rings is 2. The topological polar surface area (TPSA) is 106 Å². The van der Waals surface area contributed by atoms with Gasteiger partial charge in [0.2, 0.25) is 0 Å². The zero-order chi connectivity index (χ0) is 24.8. The van der Waals surface area contributed by atoms with E-state index in [9.17, 15) is 14.4 Å². The smallest absolute Gasteiger partial charge is 0.343 e. The number of carbonyl (C=O) groups is 2. The number of methoxy groups -OCH3 is 1. The Balaban J connectivity index is 1.76. The van der Waals surface area contributed by atoms with E-state index in [0.29, 0.717) is 41.9 Å². The molecule has 1 aromatic heterocycles. The van der Waals surface area contributed by atoms with Crippen LogP contribution in [0.3, 0.4) is 0 Å². The highest BCUT2D eigenvalue weighted by Gasteiger charge is 2.14. The fraction of sp³-hybridized carbons (Fsp3) is 0.333. The summed E-state index contributed by atoms with van der Waals surface area (Å²) in [5.74, 6) is -0.253. The number of hydrogen-bond donors (Lipinski definition) is 2. The highest BCUT2D eigenvalue weighted by molar-refractivity contribution is 7.71. The monoisotopic (exact) mass is 484 g/mol. The van der Waals surface area contributed by atoms with Gasteiger partial charge in [0.25, 0.3) is 5.56 Å². The molecule has 2 N–H and O–H groups in total. The lowest BCUT2D eigenvalue weighted by Gasteiger charge is -2.20. The molecular formula is C24H28N4O5S. The molecule has 0 atom stereocenters. The number of rotatable bonds is 8. The first kappa shape index (κ1) is 25.1. The highest BCUT2D eigenvalue weighted by Crippen LogP contribution is 2.20. The molecule has 0 saturated heterocycles. The lowest BCUT2D eigenvalue weighted by Crippen LogP contribution is -2.40. The van der Waals surface area contributed by atoms with E-state index >= 15 is 0 Å². The van der Waals surface area contributed by atoms with Crippen molar-refractivity contribution < 1.29 is 19.1 Å². The number of amides is 2. The van der Waals surface area contributed by atoms with Gasteiger partial charge in [-0.2, -0.15) is 0 Å². The van der Waals surface area contributed by atoms with Gasteiger partial charge in [-0.3, -0.25) is 14.3 Å². The molecule has 3 aromatic rings. The molecule has 180 valence electrons. The van der Waals surface area contributed by atoms with Crippen molar-refractivity contribution in [3.05, 3.63) is 63.2 Å². The molecule has 0 fully saturated rings. The Bertz CT molecular complexity index is 1300. The number of ether oxygens (including phenoxy) is 2. The summed E-state index contributed by atoms with van der Waals surface area (Å²) in [6.45, 7) is 4.72. The third kappa shape index (κ3) is 5.89. The van der Waals surface area contributed by atoms with Crippen molar-refractivity contribution in [2.75, 3.05) is 25.7 Å². The quantitative estimate of drug-likeness (QED) is 0.218. The molecule has 0 radical (unpaired) electrons. The van der Waals surface area contributed by atoms with Crippen molar-refractivity contribution in [3.63, 3.8) is 0 Å². The lowest BCUT2D eigenvalue weighted by molar-refractivity contribution is 0.0735. The maximum absolute atomic E-state index is 12.8. The number of aromatic amines is 1. The van der Waals surface area contributed by atoms with Crippen LogP contribution in [0.2, 0.25) is 0 Å². The molecule has 0 aliphatic rings.